The summed E-state index contributed by atoms with van der Waals surface area (Å²) in [6.45, 7) is 2.15. The number of carbonyl (C=O) groups is 2. The number of nitrogens with one attached hydrogen (secondary N) is 1. The van der Waals surface area contributed by atoms with Gasteiger partial charge in [0.05, 0.1) is 18.5 Å². The maximum atomic E-state index is 13.7. The first-order chi connectivity index (χ1) is 15.0. The number of rotatable bonds is 4. The summed E-state index contributed by atoms with van der Waals surface area (Å²) in [6, 6.07) is 14.5. The molecule has 6 nitrogen and oxygen atoms in total. The van der Waals surface area contributed by atoms with Crippen LogP contribution < -0.4 is 10.2 Å². The van der Waals surface area contributed by atoms with Crippen molar-refractivity contribution in [1.29, 1.82) is 0 Å². The molecule has 1 N–H and O–H groups in total. The Kier molecular flexibility index (Phi) is 4.89. The van der Waals surface area contributed by atoms with Crippen molar-refractivity contribution >= 4 is 29.1 Å². The van der Waals surface area contributed by atoms with E-state index in [-0.39, 0.29) is 17.9 Å². The summed E-state index contributed by atoms with van der Waals surface area (Å²) >= 11 is 6.08. The highest BCUT2D eigenvalue weighted by Gasteiger charge is 2.49. The van der Waals surface area contributed by atoms with Crippen LogP contribution in [0.25, 0.3) is 11.5 Å². The molecule has 1 atom stereocenters. The van der Waals surface area contributed by atoms with E-state index in [1.54, 1.807) is 41.5 Å². The van der Waals surface area contributed by atoms with Gasteiger partial charge in [0.15, 0.2) is 0 Å². The third kappa shape index (κ3) is 3.35. The SMILES string of the molecule is CC1(C(=O)NC2CCCC2)Cn2c(ccc2-c2ccco2)C(=O)N1c1ccc(Cl)cc1. The van der Waals surface area contributed by atoms with Crippen molar-refractivity contribution in [1.82, 2.24) is 9.88 Å². The van der Waals surface area contributed by atoms with Crippen molar-refractivity contribution in [3.05, 3.63) is 65.5 Å². The van der Waals surface area contributed by atoms with E-state index in [4.69, 9.17) is 16.0 Å². The summed E-state index contributed by atoms with van der Waals surface area (Å²) in [7, 11) is 0. The van der Waals surface area contributed by atoms with Crippen molar-refractivity contribution in [2.75, 3.05) is 4.90 Å². The van der Waals surface area contributed by atoms with Crippen LogP contribution in [0.1, 0.15) is 43.1 Å². The van der Waals surface area contributed by atoms with Crippen LogP contribution in [0.5, 0.6) is 0 Å². The number of nitrogens with zero attached hydrogens (tertiary/aromatic N) is 2. The monoisotopic (exact) mass is 437 g/mol. The van der Waals surface area contributed by atoms with Gasteiger partial charge in [-0.15, -0.1) is 0 Å². The zero-order valence-corrected chi connectivity index (χ0v) is 18.1. The Morgan fingerprint density at radius 3 is 2.48 bits per heavy atom. The van der Waals surface area contributed by atoms with Gasteiger partial charge in [0.2, 0.25) is 5.91 Å². The number of furan rings is 1. The standard InChI is InChI=1S/C24H24ClN3O3/c1-24(23(30)26-17-5-2-3-6-17)15-27-19(21-7-4-14-31-21)12-13-20(27)22(29)28(24)18-10-8-16(25)9-11-18/h4,7-14,17H,2-3,5-6,15H2,1H3,(H,26,30). The van der Waals surface area contributed by atoms with Gasteiger partial charge in [-0.05, 0) is 68.3 Å². The lowest BCUT2D eigenvalue weighted by atomic mass is 9.93. The Balaban J connectivity index is 1.60. The summed E-state index contributed by atoms with van der Waals surface area (Å²) < 4.78 is 7.47. The number of halogens is 1. The summed E-state index contributed by atoms with van der Waals surface area (Å²) in [6.07, 6.45) is 5.79. The molecule has 0 bridgehead atoms. The van der Waals surface area contributed by atoms with Gasteiger partial charge in [0.1, 0.15) is 17.0 Å². The third-order valence-electron chi connectivity index (χ3n) is 6.40. The van der Waals surface area contributed by atoms with Crippen molar-refractivity contribution in [3.8, 4) is 11.5 Å². The maximum absolute atomic E-state index is 13.7. The van der Waals surface area contributed by atoms with Gasteiger partial charge in [0.25, 0.3) is 5.91 Å². The Hall–Kier alpha value is -2.99. The zero-order valence-electron chi connectivity index (χ0n) is 17.3. The van der Waals surface area contributed by atoms with E-state index < -0.39 is 5.54 Å². The number of benzene rings is 1. The minimum absolute atomic E-state index is 0.146. The predicted octanol–water partition coefficient (Wildman–Crippen LogP) is 4.88. The van der Waals surface area contributed by atoms with E-state index in [0.29, 0.717) is 28.7 Å². The van der Waals surface area contributed by atoms with E-state index in [0.717, 1.165) is 31.4 Å². The van der Waals surface area contributed by atoms with Crippen molar-refractivity contribution in [2.24, 2.45) is 0 Å². The normalized spacial score (nSPS) is 21.4. The molecule has 0 radical (unpaired) electrons. The molecule has 3 heterocycles. The fraction of sp³-hybridized carbons (Fsp3) is 0.333. The van der Waals surface area contributed by atoms with Crippen molar-refractivity contribution in [3.63, 3.8) is 0 Å². The van der Waals surface area contributed by atoms with E-state index in [1.165, 1.54) is 0 Å². The molecule has 2 aromatic heterocycles. The molecule has 1 unspecified atom stereocenters. The number of aromatic nitrogens is 1. The van der Waals surface area contributed by atoms with E-state index in [9.17, 15) is 9.59 Å². The first kappa shape index (κ1) is 19.9. The molecule has 2 amide bonds. The second-order valence-electron chi connectivity index (χ2n) is 8.51. The summed E-state index contributed by atoms with van der Waals surface area (Å²) in [5.41, 5.74) is 0.836. The number of hydrogen-bond donors (Lipinski definition) is 1. The Morgan fingerprint density at radius 1 is 1.10 bits per heavy atom. The molecule has 1 fully saturated rings. The average molecular weight is 438 g/mol. The number of amides is 2. The highest BCUT2D eigenvalue weighted by molar-refractivity contribution is 6.30. The third-order valence-corrected chi connectivity index (χ3v) is 6.65. The predicted molar refractivity (Wildman–Crippen MR) is 119 cm³/mol. The summed E-state index contributed by atoms with van der Waals surface area (Å²) in [5, 5.41) is 3.78. The van der Waals surface area contributed by atoms with Crippen LogP contribution in [0.15, 0.2) is 59.2 Å². The van der Waals surface area contributed by atoms with Crippen LogP contribution in [0.2, 0.25) is 5.02 Å². The number of hydrogen-bond acceptors (Lipinski definition) is 3. The summed E-state index contributed by atoms with van der Waals surface area (Å²) in [5.74, 6) is 0.292. The second-order valence-corrected chi connectivity index (χ2v) is 8.95. The van der Waals surface area contributed by atoms with Crippen LogP contribution in [0, 0.1) is 0 Å². The molecule has 1 aliphatic heterocycles. The lowest BCUT2D eigenvalue weighted by Crippen LogP contribution is -2.65. The van der Waals surface area contributed by atoms with Gasteiger partial charge in [-0.3, -0.25) is 14.5 Å². The second kappa shape index (κ2) is 7.61. The molecule has 1 saturated carbocycles. The molecule has 160 valence electrons. The molecule has 0 spiro atoms. The maximum Gasteiger partial charge on any atom is 0.275 e. The van der Waals surface area contributed by atoms with Crippen molar-refractivity contribution < 1.29 is 14.0 Å². The molecule has 7 heteroatoms. The fourth-order valence-electron chi connectivity index (χ4n) is 4.76. The number of carbonyl (C=O) groups excluding carboxylic acids is 2. The molecular weight excluding hydrogens is 414 g/mol. The Bertz CT molecular complexity index is 1110. The van der Waals surface area contributed by atoms with Gasteiger partial charge < -0.3 is 14.3 Å². The van der Waals surface area contributed by atoms with Gasteiger partial charge in [-0.2, -0.15) is 0 Å². The fourth-order valence-corrected chi connectivity index (χ4v) is 4.88. The molecule has 0 saturated heterocycles. The molecular formula is C24H24ClN3O3. The van der Waals surface area contributed by atoms with Crippen LogP contribution in [0.3, 0.4) is 0 Å². The molecule has 5 rings (SSSR count). The lowest BCUT2D eigenvalue weighted by molar-refractivity contribution is -0.127. The number of anilines is 1. The molecule has 3 aromatic rings. The van der Waals surface area contributed by atoms with Gasteiger partial charge in [0, 0.05) is 16.8 Å². The average Bonchev–Trinajstić information content (AvgIpc) is 3.50. The van der Waals surface area contributed by atoms with E-state index >= 15 is 0 Å². The van der Waals surface area contributed by atoms with Crippen LogP contribution in [-0.4, -0.2) is 28.0 Å². The minimum Gasteiger partial charge on any atom is -0.463 e. The number of fused-ring (bicyclic) bond motifs is 1. The highest BCUT2D eigenvalue weighted by Crippen LogP contribution is 2.37. The Morgan fingerprint density at radius 2 is 1.81 bits per heavy atom. The first-order valence-electron chi connectivity index (χ1n) is 10.6. The van der Waals surface area contributed by atoms with E-state index in [2.05, 4.69) is 5.32 Å². The molecule has 1 aromatic carbocycles. The van der Waals surface area contributed by atoms with Crippen molar-refractivity contribution in [2.45, 2.75) is 50.7 Å². The first-order valence-corrected chi connectivity index (χ1v) is 11.0. The largest absolute Gasteiger partial charge is 0.463 e. The van der Waals surface area contributed by atoms with Crippen LogP contribution in [0.4, 0.5) is 5.69 Å². The Labute approximate surface area is 185 Å². The lowest BCUT2D eigenvalue weighted by Gasteiger charge is -2.44. The quantitative estimate of drug-likeness (QED) is 0.632. The van der Waals surface area contributed by atoms with Crippen LogP contribution in [-0.2, 0) is 11.3 Å². The molecule has 31 heavy (non-hydrogen) atoms. The zero-order chi connectivity index (χ0) is 21.6. The molecule has 1 aliphatic carbocycles. The van der Waals surface area contributed by atoms with E-state index in [1.807, 2.05) is 29.7 Å². The smallest absolute Gasteiger partial charge is 0.275 e. The van der Waals surface area contributed by atoms with Crippen LogP contribution >= 0.6 is 11.6 Å². The summed E-state index contributed by atoms with van der Waals surface area (Å²) in [4.78, 5) is 28.9. The topological polar surface area (TPSA) is 67.5 Å². The minimum atomic E-state index is -1.11. The van der Waals surface area contributed by atoms with Gasteiger partial charge >= 0.3 is 0 Å². The molecule has 2 aliphatic rings. The van der Waals surface area contributed by atoms with Gasteiger partial charge in [-0.1, -0.05) is 24.4 Å². The van der Waals surface area contributed by atoms with Gasteiger partial charge in [-0.25, -0.2) is 0 Å². The highest BCUT2D eigenvalue weighted by atomic mass is 35.5.